The number of nitrogens with two attached hydrogens (primary N) is 2. The Kier molecular flexibility index (Phi) is 80.4. The number of benzene rings is 9. The van der Waals surface area contributed by atoms with Gasteiger partial charge in [-0.1, -0.05) is 56.5 Å². The van der Waals surface area contributed by atoms with Gasteiger partial charge in [-0.25, -0.2) is 4.79 Å². The monoisotopic (exact) mass is 2740 g/mol. The van der Waals surface area contributed by atoms with Crippen molar-refractivity contribution >= 4 is 200 Å². The molecule has 132 heavy (non-hydrogen) atoms. The molecule has 0 saturated carbocycles. The molecular weight excluding hydrogens is 2600 g/mol. The Labute approximate surface area is 865 Å². The Bertz CT molecular complexity index is 4770. The molecule has 0 aliphatic carbocycles. The predicted molar refractivity (Wildman–Crippen MR) is 582 cm³/mol. The Morgan fingerprint density at radius 2 is 0.553 bits per heavy atom. The molecule has 0 bridgehead atoms. The molecule has 9 aromatic rings. The number of halogens is 2. The number of amidine groups is 2. The summed E-state index contributed by atoms with van der Waals surface area (Å²) >= 11 is 17.2. The molecule has 9 aromatic carbocycles. The number of hydrogen-bond donors (Lipinski definition) is 11. The third-order valence-electron chi connectivity index (χ3n) is 16.9. The fraction of sp³-hybridized carbons (Fsp3) is 0.263. The number of amides is 2. The van der Waals surface area contributed by atoms with Gasteiger partial charge in [0.15, 0.2) is 0 Å². The molecule has 0 aliphatic rings. The first kappa shape index (κ1) is 134. The molecule has 26 nitrogen and oxygen atoms in total. The van der Waals surface area contributed by atoms with Crippen molar-refractivity contribution < 1.29 is 103 Å². The van der Waals surface area contributed by atoms with Gasteiger partial charge in [-0.2, -0.15) is 0 Å². The van der Waals surface area contributed by atoms with Crippen molar-refractivity contribution in [3.63, 3.8) is 0 Å². The first-order valence-electron chi connectivity index (χ1n) is 38.7. The number of urea groups is 1. The van der Waals surface area contributed by atoms with Crippen LogP contribution in [0.15, 0.2) is 250 Å². The quantitative estimate of drug-likeness (QED) is 0.00724. The number of nitrogen functional groups attached to an aromatic ring is 1. The number of aryl methyl sites for hydroxylation is 12. The van der Waals surface area contributed by atoms with E-state index < -0.39 is 0 Å². The van der Waals surface area contributed by atoms with Gasteiger partial charge in [0.2, 0.25) is 0 Å². The number of rotatable bonds is 18. The van der Waals surface area contributed by atoms with Gasteiger partial charge in [-0.05, 0) is 71.7 Å². The van der Waals surface area contributed by atoms with Gasteiger partial charge in [0.05, 0.1) is 0 Å². The fourth-order valence-electron chi connectivity index (χ4n) is 9.54. The van der Waals surface area contributed by atoms with E-state index in [9.17, 15) is 4.79 Å². The second-order valence-corrected chi connectivity index (χ2v) is 35.4. The zero-order valence-electron chi connectivity index (χ0n) is 77.4. The Morgan fingerprint density at radius 1 is 0.341 bits per heavy atom. The second-order valence-electron chi connectivity index (χ2n) is 26.3. The summed E-state index contributed by atoms with van der Waals surface area (Å²) in [7, 11) is 25.0. The van der Waals surface area contributed by atoms with Gasteiger partial charge >= 0.3 is 674 Å². The number of nitrogens with one attached hydrogen (secondary N) is 9. The summed E-state index contributed by atoms with van der Waals surface area (Å²) in [6.45, 7) is 51.5. The zero-order chi connectivity index (χ0) is 97.6. The van der Waals surface area contributed by atoms with E-state index >= 15 is 0 Å². The second kappa shape index (κ2) is 79.0. The van der Waals surface area contributed by atoms with E-state index in [0.29, 0.717) is 17.9 Å². The van der Waals surface area contributed by atoms with Crippen molar-refractivity contribution in [1.29, 1.82) is 0 Å². The number of nitrogens with zero attached hydrogens (tertiary/aromatic N) is 14. The normalized spacial score (nSPS) is 9.95. The van der Waals surface area contributed by atoms with Crippen molar-refractivity contribution in [2.75, 3.05) is 117 Å². The van der Waals surface area contributed by atoms with E-state index in [1.54, 1.807) is 14.1 Å². The van der Waals surface area contributed by atoms with Gasteiger partial charge in [0, 0.05) is 29.6 Å². The molecular formula is C95H137BCl2N25OP3W5-5. The Morgan fingerprint density at radius 3 is 0.773 bits per heavy atom. The fourth-order valence-corrected chi connectivity index (χ4v) is 13.6. The average Bonchev–Trinajstić information content (AvgIpc) is 0.846. The molecule has 3 atom stereocenters. The summed E-state index contributed by atoms with van der Waals surface area (Å²) in [5.74, 6) is 1.19. The van der Waals surface area contributed by atoms with E-state index in [-0.39, 0.29) is 48.7 Å². The van der Waals surface area contributed by atoms with Crippen LogP contribution in [0.1, 0.15) is 90.5 Å². The summed E-state index contributed by atoms with van der Waals surface area (Å²) in [6, 6.07) is 66.5. The number of carbonyl (C=O) groups is 1. The van der Waals surface area contributed by atoms with Gasteiger partial charge in [-0.15, -0.1) is 0 Å². The topological polar surface area (TPSA) is 314 Å². The molecule has 0 saturated heterocycles. The van der Waals surface area contributed by atoms with Crippen molar-refractivity contribution in [3.8, 4) is 0 Å². The van der Waals surface area contributed by atoms with Crippen molar-refractivity contribution in [3.05, 3.63) is 267 Å². The predicted octanol–water partition coefficient (Wildman–Crippen LogP) is 18.1. The number of anilines is 9. The number of guanidine groups is 3. The molecule has 0 spiro atoms. The number of carbonyl (C=O) groups excluding carboxylic acids is 1. The molecule has 9 rings (SSSR count). The standard InChI is InChI=1S/3C19H21N4.C10H9ClN3.C9H7ClN3.C9H13N.C3H8N2O.3CH6NP.CH5N.3CH4.B.5W.H2/c3*1-14-11-16(3)18(12-15(14)2)22-19(20-4)21-13-23(5)17-9-7-6-8-10-17;1-12-10(11)13-8-14(2)9-6-4-3-5-7-9;1-11-9(10)13-7-12-8-5-3-2-4-6-8;1-6-4-8(3)9(10)5-7(6)2;1-4-3(6)5-2;3*1-2-3;1-2;;;;;;;;;;/h3*4,6-12H,1-3,5H3,(H,21,22);1,3-7H,2H3;1-6,12H;4-5H,10H2,1-3H3;1-2H3,(H2,4,5,6);3*2H,3H2,1H3;2H2,1H3;3*1H4;;;;;;;1H/q5*-1;;;;;;;;;;;;;;;;/i;;;;;;;;;;;;;;;;;;;;1+1. The molecule has 0 aromatic heterocycles. The number of aliphatic imine (C=N–C) groups is 10. The number of hydrogen-bond acceptors (Lipinski definition) is 16. The van der Waals surface area contributed by atoms with Crippen LogP contribution in [-0.4, -0.2) is 168 Å². The molecule has 2 amide bonds. The van der Waals surface area contributed by atoms with E-state index in [1.165, 1.54) is 135 Å². The van der Waals surface area contributed by atoms with Crippen LogP contribution >= 0.6 is 51.4 Å². The summed E-state index contributed by atoms with van der Waals surface area (Å²) in [4.78, 5) is 57.5. The van der Waals surface area contributed by atoms with Crippen LogP contribution in [-0.2, 0) is 96.8 Å². The molecule has 3 radical (unpaired) electrons. The maximum absolute atomic E-state index is 9.96. The van der Waals surface area contributed by atoms with Gasteiger partial charge < -0.3 is 37.4 Å². The molecule has 3 unspecified atom stereocenters. The summed E-state index contributed by atoms with van der Waals surface area (Å²) in [5, 5.41) is 25.6. The molecule has 37 heteroatoms. The SMILES string of the molecule is C.C.C.CN.CNC(=O)NC.CNP.CNP.CNP.Cc1cc(C)c(N)cc1C.[2HH].[B].[CH-]=NC(=N[C](=[W])N(C)c1ccccc1)Nc1cc(C)c(C)cc1C.[CH-]=NC(=N[C](=[W])N(C)c1ccccc1)Nc1cc(C)c(C)cc1C.[CH-]=NC(=N[C](=[W])N(C)c1ccccc1)Nc1cc(C)c(C)cc1C.[CH-]=NC(Cl)=N[C](=[W])N(C)c1ccccc1.[CH-]=NC(Cl)=N[C](=[W])Nc1ccccc1. The maximum atomic E-state index is 9.96. The van der Waals surface area contributed by atoms with Crippen LogP contribution in [0, 0.1) is 83.1 Å². The summed E-state index contributed by atoms with van der Waals surface area (Å²) in [6.07, 6.45) is 0. The van der Waals surface area contributed by atoms with E-state index in [1.807, 2.05) is 234 Å². The third-order valence-corrected chi connectivity index (χ3v) is 23.2. The molecule has 715 valence electrons. The molecule has 13 N–H and O–H groups in total. The average molecular weight is 2740 g/mol. The number of para-hydroxylation sites is 5. The van der Waals surface area contributed by atoms with E-state index in [0.717, 1.165) is 108 Å². The summed E-state index contributed by atoms with van der Waals surface area (Å²) in [5.41, 5.74) is 33.8. The van der Waals surface area contributed by atoms with Crippen LogP contribution in [0.25, 0.3) is 0 Å². The van der Waals surface area contributed by atoms with Gasteiger partial charge in [0.1, 0.15) is 0 Å². The van der Waals surface area contributed by atoms with E-state index in [4.69, 9.17) is 62.5 Å². The van der Waals surface area contributed by atoms with Crippen LogP contribution in [0.5, 0.6) is 0 Å². The van der Waals surface area contributed by atoms with Crippen molar-refractivity contribution in [2.24, 2.45) is 55.7 Å². The van der Waals surface area contributed by atoms with Crippen molar-refractivity contribution in [2.45, 2.75) is 105 Å². The first-order valence-corrected chi connectivity index (χ1v) is 48.6. The summed E-state index contributed by atoms with van der Waals surface area (Å²) < 4.78 is 4.15. The first-order chi connectivity index (χ1) is 60.8. The minimum absolute atomic E-state index is 0. The third kappa shape index (κ3) is 56.2. The minimum atomic E-state index is -0.157. The van der Waals surface area contributed by atoms with Gasteiger partial charge in [-0.3, -0.25) is 0 Å². The van der Waals surface area contributed by atoms with Gasteiger partial charge in [0.25, 0.3) is 0 Å². The Hall–Kier alpha value is -8.28. The van der Waals surface area contributed by atoms with E-state index in [2.05, 4.69) is 250 Å². The molecule has 0 heterocycles. The zero-order valence-corrected chi connectivity index (χ0v) is 97.0. The molecule has 0 aliphatic heterocycles. The van der Waals surface area contributed by atoms with Crippen LogP contribution in [0.3, 0.4) is 0 Å². The van der Waals surface area contributed by atoms with Crippen LogP contribution in [0.4, 0.5) is 56.0 Å². The molecule has 0 fully saturated rings. The van der Waals surface area contributed by atoms with Crippen LogP contribution < -0.4 is 78.2 Å². The van der Waals surface area contributed by atoms with Crippen LogP contribution in [0.2, 0.25) is 0 Å². The Balaban J connectivity index is -0.000000279. The van der Waals surface area contributed by atoms with Crippen molar-refractivity contribution in [1.82, 2.24) is 25.9 Å².